The van der Waals surface area contributed by atoms with Crippen molar-refractivity contribution in [3.63, 3.8) is 0 Å². The molecule has 2 N–H and O–H groups in total. The molecule has 0 radical (unpaired) electrons. The maximum absolute atomic E-state index is 12.9. The van der Waals surface area contributed by atoms with Crippen LogP contribution in [0.3, 0.4) is 0 Å². The molecule has 150 valence electrons. The van der Waals surface area contributed by atoms with Crippen LogP contribution in [0.1, 0.15) is 24.8 Å². The molecule has 0 bridgehead atoms. The van der Waals surface area contributed by atoms with Gasteiger partial charge in [0.1, 0.15) is 18.2 Å². The fourth-order valence-corrected chi connectivity index (χ4v) is 3.10. The van der Waals surface area contributed by atoms with E-state index in [1.807, 2.05) is 24.3 Å². The first-order valence-corrected chi connectivity index (χ1v) is 9.79. The molecule has 1 aliphatic heterocycles. The number of halogens is 1. The zero-order chi connectivity index (χ0) is 19.6. The van der Waals surface area contributed by atoms with Crippen LogP contribution in [0.25, 0.3) is 0 Å². The van der Waals surface area contributed by atoms with Crippen molar-refractivity contribution in [3.8, 4) is 5.75 Å². The van der Waals surface area contributed by atoms with Gasteiger partial charge in [0.25, 0.3) is 0 Å². The van der Waals surface area contributed by atoms with Gasteiger partial charge >= 0.3 is 0 Å². The second-order valence-corrected chi connectivity index (χ2v) is 6.88. The molecule has 1 heterocycles. The van der Waals surface area contributed by atoms with Crippen LogP contribution in [-0.4, -0.2) is 38.3 Å². The van der Waals surface area contributed by atoms with Gasteiger partial charge in [0.2, 0.25) is 5.91 Å². The van der Waals surface area contributed by atoms with Gasteiger partial charge in [-0.3, -0.25) is 4.79 Å². The molecule has 0 aliphatic carbocycles. The van der Waals surface area contributed by atoms with E-state index in [0.717, 1.165) is 36.4 Å². The van der Waals surface area contributed by atoms with E-state index < -0.39 is 0 Å². The summed E-state index contributed by atoms with van der Waals surface area (Å²) in [6.07, 6.45) is 4.10. The minimum atomic E-state index is -0.257. The second-order valence-electron chi connectivity index (χ2n) is 6.88. The number of hydrogen-bond donors (Lipinski definition) is 2. The van der Waals surface area contributed by atoms with Crippen molar-refractivity contribution in [1.29, 1.82) is 0 Å². The molecule has 28 heavy (non-hydrogen) atoms. The molecule has 3 rings (SSSR count). The summed E-state index contributed by atoms with van der Waals surface area (Å²) in [7, 11) is 0. The highest BCUT2D eigenvalue weighted by Crippen LogP contribution is 2.24. The van der Waals surface area contributed by atoms with Gasteiger partial charge in [0.05, 0.1) is 18.3 Å². The quantitative estimate of drug-likeness (QED) is 0.692. The largest absolute Gasteiger partial charge is 0.489 e. The Morgan fingerprint density at radius 3 is 2.75 bits per heavy atom. The first-order valence-electron chi connectivity index (χ1n) is 9.79. The summed E-state index contributed by atoms with van der Waals surface area (Å²) >= 11 is 0. The number of anilines is 1. The molecule has 6 heteroatoms. The zero-order valence-corrected chi connectivity index (χ0v) is 16.0. The highest BCUT2D eigenvalue weighted by atomic mass is 19.1. The zero-order valence-electron chi connectivity index (χ0n) is 16.0. The van der Waals surface area contributed by atoms with Crippen molar-refractivity contribution in [2.24, 2.45) is 0 Å². The number of nitrogens with one attached hydrogen (secondary N) is 2. The monoisotopic (exact) mass is 386 g/mol. The lowest BCUT2D eigenvalue weighted by molar-refractivity contribution is -0.119. The molecule has 1 unspecified atom stereocenters. The van der Waals surface area contributed by atoms with Gasteiger partial charge < -0.3 is 20.1 Å². The van der Waals surface area contributed by atoms with Crippen molar-refractivity contribution in [3.05, 3.63) is 59.9 Å². The minimum absolute atomic E-state index is 0.104. The molecule has 2 aromatic rings. The van der Waals surface area contributed by atoms with Crippen LogP contribution in [0.5, 0.6) is 5.75 Å². The van der Waals surface area contributed by atoms with Crippen LogP contribution in [-0.2, 0) is 16.0 Å². The number of benzene rings is 2. The SMILES string of the molecule is O=C(CNc1ccccc1OCC1CCCCO1)NCCc1ccc(F)cc1. The summed E-state index contributed by atoms with van der Waals surface area (Å²) in [6.45, 7) is 1.97. The predicted molar refractivity (Wildman–Crippen MR) is 107 cm³/mol. The third kappa shape index (κ3) is 6.53. The molecule has 1 fully saturated rings. The molecular formula is C22H27FN2O3. The van der Waals surface area contributed by atoms with Gasteiger partial charge in [0.15, 0.2) is 0 Å². The lowest BCUT2D eigenvalue weighted by Crippen LogP contribution is -2.31. The van der Waals surface area contributed by atoms with Gasteiger partial charge in [-0.1, -0.05) is 24.3 Å². The van der Waals surface area contributed by atoms with Crippen molar-refractivity contribution in [2.45, 2.75) is 31.8 Å². The summed E-state index contributed by atoms with van der Waals surface area (Å²) < 4.78 is 24.5. The minimum Gasteiger partial charge on any atom is -0.489 e. The van der Waals surface area contributed by atoms with Gasteiger partial charge in [0, 0.05) is 13.2 Å². The van der Waals surface area contributed by atoms with Gasteiger partial charge in [-0.15, -0.1) is 0 Å². The number of carbonyl (C=O) groups is 1. The Morgan fingerprint density at radius 1 is 1.14 bits per heavy atom. The smallest absolute Gasteiger partial charge is 0.239 e. The molecule has 0 saturated carbocycles. The Kier molecular flexibility index (Phi) is 7.67. The fraction of sp³-hybridized carbons (Fsp3) is 0.409. The Hall–Kier alpha value is -2.60. The van der Waals surface area contributed by atoms with E-state index in [-0.39, 0.29) is 24.4 Å². The molecular weight excluding hydrogens is 359 g/mol. The van der Waals surface area contributed by atoms with Crippen LogP contribution >= 0.6 is 0 Å². The van der Waals surface area contributed by atoms with Gasteiger partial charge in [-0.05, 0) is 55.5 Å². The predicted octanol–water partition coefficient (Wildman–Crippen LogP) is 3.54. The maximum Gasteiger partial charge on any atom is 0.239 e. The third-order valence-corrected chi connectivity index (χ3v) is 4.67. The molecule has 5 nitrogen and oxygen atoms in total. The lowest BCUT2D eigenvalue weighted by atomic mass is 10.1. The van der Waals surface area contributed by atoms with Crippen LogP contribution in [0.2, 0.25) is 0 Å². The molecule has 1 atom stereocenters. The molecule has 0 aromatic heterocycles. The van der Waals surface area contributed by atoms with Gasteiger partial charge in [-0.25, -0.2) is 4.39 Å². The number of amides is 1. The average Bonchev–Trinajstić information content (AvgIpc) is 2.73. The lowest BCUT2D eigenvalue weighted by Gasteiger charge is -2.23. The van der Waals surface area contributed by atoms with Crippen molar-refractivity contribution in [1.82, 2.24) is 5.32 Å². The van der Waals surface area contributed by atoms with E-state index in [1.54, 1.807) is 12.1 Å². The highest BCUT2D eigenvalue weighted by molar-refractivity contribution is 5.81. The van der Waals surface area contributed by atoms with Gasteiger partial charge in [-0.2, -0.15) is 0 Å². The van der Waals surface area contributed by atoms with Crippen molar-refractivity contribution in [2.75, 3.05) is 31.6 Å². The number of hydrogen-bond acceptors (Lipinski definition) is 4. The fourth-order valence-electron chi connectivity index (χ4n) is 3.10. The summed E-state index contributed by atoms with van der Waals surface area (Å²) in [4.78, 5) is 12.1. The number of ether oxygens (including phenoxy) is 2. The van der Waals surface area contributed by atoms with Crippen LogP contribution in [0, 0.1) is 5.82 Å². The van der Waals surface area contributed by atoms with Crippen LogP contribution in [0.4, 0.5) is 10.1 Å². The normalized spacial score (nSPS) is 16.4. The second kappa shape index (κ2) is 10.7. The molecule has 1 aliphatic rings. The van der Waals surface area contributed by atoms with E-state index in [1.165, 1.54) is 18.6 Å². The van der Waals surface area contributed by atoms with E-state index in [9.17, 15) is 9.18 Å². The first kappa shape index (κ1) is 20.1. The Balaban J connectivity index is 1.40. The summed E-state index contributed by atoms with van der Waals surface area (Å²) in [5, 5.41) is 5.99. The summed E-state index contributed by atoms with van der Waals surface area (Å²) in [5.74, 6) is 0.358. The third-order valence-electron chi connectivity index (χ3n) is 4.67. The highest BCUT2D eigenvalue weighted by Gasteiger charge is 2.15. The molecule has 0 spiro atoms. The molecule has 1 saturated heterocycles. The molecule has 2 aromatic carbocycles. The summed E-state index contributed by atoms with van der Waals surface area (Å²) in [5.41, 5.74) is 1.77. The maximum atomic E-state index is 12.9. The van der Waals surface area contributed by atoms with E-state index in [0.29, 0.717) is 19.6 Å². The van der Waals surface area contributed by atoms with Crippen LogP contribution in [0.15, 0.2) is 48.5 Å². The number of para-hydroxylation sites is 2. The topological polar surface area (TPSA) is 59.6 Å². The summed E-state index contributed by atoms with van der Waals surface area (Å²) in [6, 6.07) is 13.9. The van der Waals surface area contributed by atoms with E-state index >= 15 is 0 Å². The van der Waals surface area contributed by atoms with E-state index in [4.69, 9.17) is 9.47 Å². The Labute approximate surface area is 165 Å². The van der Waals surface area contributed by atoms with E-state index in [2.05, 4.69) is 10.6 Å². The van der Waals surface area contributed by atoms with Crippen molar-refractivity contribution >= 4 is 11.6 Å². The Morgan fingerprint density at radius 2 is 1.96 bits per heavy atom. The van der Waals surface area contributed by atoms with Crippen LogP contribution < -0.4 is 15.4 Å². The van der Waals surface area contributed by atoms with Crippen molar-refractivity contribution < 1.29 is 18.7 Å². The average molecular weight is 386 g/mol. The first-order chi connectivity index (χ1) is 13.7. The number of carbonyl (C=O) groups excluding carboxylic acids is 1. The molecule has 1 amide bonds. The Bertz CT molecular complexity index is 746. The number of rotatable bonds is 9. The standard InChI is InChI=1S/C22H27FN2O3/c23-18-10-8-17(9-11-18)12-13-24-22(26)15-25-20-6-1-2-7-21(20)28-16-19-5-3-4-14-27-19/h1-2,6-11,19,25H,3-5,12-16H2,(H,24,26).